The first-order chi connectivity index (χ1) is 12.7. The lowest BCUT2D eigenvalue weighted by Crippen LogP contribution is -2.30. The largest absolute Gasteiger partial charge is 0.378 e. The molecule has 2 aliphatic rings. The second-order valence-corrected chi connectivity index (χ2v) is 8.07. The van der Waals surface area contributed by atoms with Gasteiger partial charge in [0.15, 0.2) is 0 Å². The van der Waals surface area contributed by atoms with E-state index in [-0.39, 0.29) is 11.8 Å². The van der Waals surface area contributed by atoms with Gasteiger partial charge in [-0.1, -0.05) is 0 Å². The van der Waals surface area contributed by atoms with Gasteiger partial charge in [-0.05, 0) is 67.7 Å². The van der Waals surface area contributed by atoms with E-state index in [2.05, 4.69) is 10.6 Å². The molecule has 1 atom stereocenters. The van der Waals surface area contributed by atoms with Gasteiger partial charge < -0.3 is 15.4 Å². The molecule has 6 heteroatoms. The highest BCUT2D eigenvalue weighted by molar-refractivity contribution is 7.21. The van der Waals surface area contributed by atoms with E-state index in [9.17, 15) is 9.59 Å². The van der Waals surface area contributed by atoms with Gasteiger partial charge in [-0.25, -0.2) is 0 Å². The lowest BCUT2D eigenvalue weighted by Gasteiger charge is -2.12. The standard InChI is InChI=1S/C20H24N2O3S/c23-19(21-9-2-1-4-14-5-3-11-25-14)13-6-7-17-16(12-13)15-8-10-22-20(24)18(15)26-17/h6-7,12,14H,1-5,8-11H2,(H,21,23)(H,22,24). The maximum absolute atomic E-state index is 12.5. The molecule has 1 aromatic carbocycles. The van der Waals surface area contributed by atoms with E-state index in [1.54, 1.807) is 0 Å². The first-order valence-corrected chi connectivity index (χ1v) is 10.3. The predicted octanol–water partition coefficient (Wildman–Crippen LogP) is 3.27. The first kappa shape index (κ1) is 17.5. The Morgan fingerprint density at radius 2 is 2.27 bits per heavy atom. The quantitative estimate of drug-likeness (QED) is 0.765. The van der Waals surface area contributed by atoms with Crippen LogP contribution in [0.4, 0.5) is 0 Å². The van der Waals surface area contributed by atoms with Crippen molar-refractivity contribution >= 4 is 33.2 Å². The molecule has 26 heavy (non-hydrogen) atoms. The molecule has 1 fully saturated rings. The molecule has 0 saturated carbocycles. The molecule has 4 rings (SSSR count). The molecule has 0 radical (unpaired) electrons. The van der Waals surface area contributed by atoms with Crippen LogP contribution in [0.2, 0.25) is 0 Å². The fourth-order valence-electron chi connectivity index (χ4n) is 3.78. The number of carbonyl (C=O) groups is 2. The molecule has 0 bridgehead atoms. The Bertz CT molecular complexity index is 824. The van der Waals surface area contributed by atoms with Crippen LogP contribution in [-0.4, -0.2) is 37.6 Å². The first-order valence-electron chi connectivity index (χ1n) is 9.46. The number of unbranched alkanes of at least 4 members (excludes halogenated alkanes) is 1. The van der Waals surface area contributed by atoms with E-state index in [1.807, 2.05) is 18.2 Å². The van der Waals surface area contributed by atoms with Crippen LogP contribution in [0, 0.1) is 0 Å². The highest BCUT2D eigenvalue weighted by Gasteiger charge is 2.22. The molecule has 1 aromatic heterocycles. The number of ether oxygens (including phenoxy) is 1. The predicted molar refractivity (Wildman–Crippen MR) is 103 cm³/mol. The highest BCUT2D eigenvalue weighted by Crippen LogP contribution is 2.33. The molecule has 2 aromatic rings. The normalized spacial score (nSPS) is 19.4. The smallest absolute Gasteiger partial charge is 0.261 e. The minimum atomic E-state index is -0.0378. The lowest BCUT2D eigenvalue weighted by atomic mass is 10.0. The summed E-state index contributed by atoms with van der Waals surface area (Å²) < 4.78 is 6.69. The summed E-state index contributed by atoms with van der Waals surface area (Å²) in [5.41, 5.74) is 1.75. The molecule has 2 N–H and O–H groups in total. The number of amides is 2. The number of rotatable bonds is 6. The number of carbonyl (C=O) groups excluding carboxylic acids is 2. The summed E-state index contributed by atoms with van der Waals surface area (Å²) in [5, 5.41) is 6.94. The summed E-state index contributed by atoms with van der Waals surface area (Å²) >= 11 is 1.51. The molecule has 1 unspecified atom stereocenters. The van der Waals surface area contributed by atoms with Crippen LogP contribution in [0.5, 0.6) is 0 Å². The average molecular weight is 372 g/mol. The van der Waals surface area contributed by atoms with Gasteiger partial charge in [0.05, 0.1) is 11.0 Å². The van der Waals surface area contributed by atoms with Crippen molar-refractivity contribution in [2.75, 3.05) is 19.7 Å². The molecule has 0 spiro atoms. The molecule has 2 amide bonds. The van der Waals surface area contributed by atoms with E-state index in [0.29, 0.717) is 24.8 Å². The monoisotopic (exact) mass is 372 g/mol. The maximum atomic E-state index is 12.5. The lowest BCUT2D eigenvalue weighted by molar-refractivity contribution is 0.0940. The van der Waals surface area contributed by atoms with Crippen LogP contribution in [0.1, 0.15) is 57.7 Å². The van der Waals surface area contributed by atoms with Crippen LogP contribution < -0.4 is 10.6 Å². The van der Waals surface area contributed by atoms with E-state index < -0.39 is 0 Å². The number of hydrogen-bond donors (Lipinski definition) is 2. The number of fused-ring (bicyclic) bond motifs is 3. The third-order valence-electron chi connectivity index (χ3n) is 5.18. The zero-order valence-electron chi connectivity index (χ0n) is 14.8. The Labute approximate surface area is 157 Å². The van der Waals surface area contributed by atoms with Gasteiger partial charge in [0.2, 0.25) is 0 Å². The average Bonchev–Trinajstić information content (AvgIpc) is 3.29. The van der Waals surface area contributed by atoms with Crippen molar-refractivity contribution in [1.29, 1.82) is 0 Å². The zero-order chi connectivity index (χ0) is 17.9. The number of hydrogen-bond acceptors (Lipinski definition) is 4. The molecule has 2 aliphatic heterocycles. The second kappa shape index (κ2) is 7.76. The van der Waals surface area contributed by atoms with Crippen LogP contribution in [0.15, 0.2) is 18.2 Å². The van der Waals surface area contributed by atoms with Gasteiger partial charge >= 0.3 is 0 Å². The van der Waals surface area contributed by atoms with Crippen molar-refractivity contribution in [3.8, 4) is 0 Å². The number of benzene rings is 1. The molecule has 0 aliphatic carbocycles. The fourth-order valence-corrected chi connectivity index (χ4v) is 4.92. The maximum Gasteiger partial charge on any atom is 0.261 e. The zero-order valence-corrected chi connectivity index (χ0v) is 15.6. The van der Waals surface area contributed by atoms with Gasteiger partial charge in [-0.2, -0.15) is 0 Å². The van der Waals surface area contributed by atoms with Gasteiger partial charge in [-0.15, -0.1) is 11.3 Å². The van der Waals surface area contributed by atoms with Crippen LogP contribution in [-0.2, 0) is 11.2 Å². The Morgan fingerprint density at radius 1 is 1.35 bits per heavy atom. The van der Waals surface area contributed by atoms with Gasteiger partial charge in [0, 0.05) is 30.0 Å². The molecule has 3 heterocycles. The van der Waals surface area contributed by atoms with Gasteiger partial charge in [0.1, 0.15) is 0 Å². The van der Waals surface area contributed by atoms with Crippen molar-refractivity contribution in [1.82, 2.24) is 10.6 Å². The Kier molecular flexibility index (Phi) is 5.22. The third kappa shape index (κ3) is 3.62. The van der Waals surface area contributed by atoms with Crippen LogP contribution in [0.3, 0.4) is 0 Å². The number of thiophene rings is 1. The SMILES string of the molecule is O=C(NCCCCC1CCCO1)c1ccc2sc3c(c2c1)CCNC3=O. The van der Waals surface area contributed by atoms with Crippen LogP contribution >= 0.6 is 11.3 Å². The summed E-state index contributed by atoms with van der Waals surface area (Å²) in [7, 11) is 0. The summed E-state index contributed by atoms with van der Waals surface area (Å²) in [4.78, 5) is 25.2. The minimum absolute atomic E-state index is 0.00435. The Morgan fingerprint density at radius 3 is 3.12 bits per heavy atom. The summed E-state index contributed by atoms with van der Waals surface area (Å²) in [5.74, 6) is -0.0334. The number of nitrogens with one attached hydrogen (secondary N) is 2. The van der Waals surface area contributed by atoms with Gasteiger partial charge in [-0.3, -0.25) is 9.59 Å². The van der Waals surface area contributed by atoms with Crippen molar-refractivity contribution < 1.29 is 14.3 Å². The van der Waals surface area contributed by atoms with E-state index in [0.717, 1.165) is 52.8 Å². The van der Waals surface area contributed by atoms with E-state index in [1.165, 1.54) is 24.2 Å². The summed E-state index contributed by atoms with van der Waals surface area (Å²) in [6.45, 7) is 2.25. The van der Waals surface area contributed by atoms with Crippen molar-refractivity contribution in [3.05, 3.63) is 34.2 Å². The molecular weight excluding hydrogens is 348 g/mol. The van der Waals surface area contributed by atoms with Crippen molar-refractivity contribution in [2.24, 2.45) is 0 Å². The summed E-state index contributed by atoms with van der Waals surface area (Å²) in [6, 6.07) is 5.74. The van der Waals surface area contributed by atoms with Crippen molar-refractivity contribution in [2.45, 2.75) is 44.6 Å². The molecule has 1 saturated heterocycles. The van der Waals surface area contributed by atoms with Crippen molar-refractivity contribution in [3.63, 3.8) is 0 Å². The van der Waals surface area contributed by atoms with E-state index in [4.69, 9.17) is 4.74 Å². The second-order valence-electron chi connectivity index (χ2n) is 7.01. The topological polar surface area (TPSA) is 67.4 Å². The van der Waals surface area contributed by atoms with E-state index >= 15 is 0 Å². The summed E-state index contributed by atoms with van der Waals surface area (Å²) in [6.07, 6.45) is 6.75. The minimum Gasteiger partial charge on any atom is -0.378 e. The Hall–Kier alpha value is -1.92. The molecule has 138 valence electrons. The van der Waals surface area contributed by atoms with Crippen LogP contribution in [0.25, 0.3) is 10.1 Å². The fraction of sp³-hybridized carbons (Fsp3) is 0.500. The highest BCUT2D eigenvalue weighted by atomic mass is 32.1. The molecule has 5 nitrogen and oxygen atoms in total. The Balaban J connectivity index is 1.35. The van der Waals surface area contributed by atoms with Gasteiger partial charge in [0.25, 0.3) is 11.8 Å². The molecular formula is C20H24N2O3S. The third-order valence-corrected chi connectivity index (χ3v) is 6.39.